The first kappa shape index (κ1) is 29.7. The minimum atomic E-state index is -4.17. The van der Waals surface area contributed by atoms with Gasteiger partial charge in [-0.2, -0.15) is 0 Å². The molecule has 2 amide bonds. The molecule has 0 heterocycles. The Balaban J connectivity index is 2.06. The zero-order valence-electron chi connectivity index (χ0n) is 23.3. The molecule has 0 aliphatic rings. The van der Waals surface area contributed by atoms with Crippen LogP contribution in [0.3, 0.4) is 0 Å². The standard InChI is InChI=1S/C30H37N3O5S/c1-21(2)31-30(35)24(5)32(19-25-15-11-22(3)12-16-25)29(34)20-33(27-9-7-8-10-28(27)38-6)39(36,37)26-17-13-23(4)14-18-26/h7-18,21,24H,19-20H2,1-6H3,(H,31,35). The maximum absolute atomic E-state index is 14.0. The van der Waals surface area contributed by atoms with Crippen molar-refractivity contribution in [3.63, 3.8) is 0 Å². The highest BCUT2D eigenvalue weighted by molar-refractivity contribution is 7.92. The monoisotopic (exact) mass is 551 g/mol. The van der Waals surface area contributed by atoms with E-state index in [0.717, 1.165) is 21.0 Å². The molecule has 208 valence electrons. The topological polar surface area (TPSA) is 96.0 Å². The van der Waals surface area contributed by atoms with E-state index in [1.165, 1.54) is 24.1 Å². The van der Waals surface area contributed by atoms with Gasteiger partial charge in [-0.25, -0.2) is 8.42 Å². The summed E-state index contributed by atoms with van der Waals surface area (Å²) in [6, 6.07) is 19.8. The van der Waals surface area contributed by atoms with Crippen LogP contribution in [0, 0.1) is 13.8 Å². The molecule has 0 fully saturated rings. The molecule has 0 aliphatic carbocycles. The molecule has 3 aromatic carbocycles. The van der Waals surface area contributed by atoms with E-state index in [4.69, 9.17) is 4.74 Å². The lowest BCUT2D eigenvalue weighted by atomic mass is 10.1. The third-order valence-electron chi connectivity index (χ3n) is 6.31. The van der Waals surface area contributed by atoms with Crippen LogP contribution in [0.15, 0.2) is 77.7 Å². The minimum Gasteiger partial charge on any atom is -0.495 e. The molecular weight excluding hydrogens is 514 g/mol. The number of carbonyl (C=O) groups excluding carboxylic acids is 2. The van der Waals surface area contributed by atoms with Gasteiger partial charge in [0.2, 0.25) is 11.8 Å². The van der Waals surface area contributed by atoms with Crippen molar-refractivity contribution < 1.29 is 22.7 Å². The summed E-state index contributed by atoms with van der Waals surface area (Å²) in [6.45, 7) is 8.77. The van der Waals surface area contributed by atoms with Gasteiger partial charge in [0.1, 0.15) is 18.3 Å². The van der Waals surface area contributed by atoms with E-state index < -0.39 is 28.5 Å². The van der Waals surface area contributed by atoms with Crippen LogP contribution in [-0.2, 0) is 26.2 Å². The lowest BCUT2D eigenvalue weighted by molar-refractivity contribution is -0.139. The molecule has 0 radical (unpaired) electrons. The van der Waals surface area contributed by atoms with E-state index in [1.807, 2.05) is 52.0 Å². The van der Waals surface area contributed by atoms with Crippen LogP contribution >= 0.6 is 0 Å². The van der Waals surface area contributed by atoms with Gasteiger partial charge in [0, 0.05) is 12.6 Å². The van der Waals surface area contributed by atoms with Crippen LogP contribution in [0.25, 0.3) is 0 Å². The largest absolute Gasteiger partial charge is 0.495 e. The summed E-state index contributed by atoms with van der Waals surface area (Å²) in [4.78, 5) is 28.4. The molecule has 1 atom stereocenters. The first-order valence-electron chi connectivity index (χ1n) is 12.8. The highest BCUT2D eigenvalue weighted by Gasteiger charge is 2.33. The van der Waals surface area contributed by atoms with Crippen molar-refractivity contribution in [2.45, 2.75) is 58.1 Å². The van der Waals surface area contributed by atoms with E-state index in [2.05, 4.69) is 5.32 Å². The van der Waals surface area contributed by atoms with E-state index in [-0.39, 0.29) is 29.1 Å². The summed E-state index contributed by atoms with van der Waals surface area (Å²) in [7, 11) is -2.73. The van der Waals surface area contributed by atoms with Crippen molar-refractivity contribution in [2.75, 3.05) is 18.0 Å². The quantitative estimate of drug-likeness (QED) is 0.380. The van der Waals surface area contributed by atoms with Crippen molar-refractivity contribution in [3.05, 3.63) is 89.5 Å². The lowest BCUT2D eigenvalue weighted by Crippen LogP contribution is -2.52. The predicted molar refractivity (Wildman–Crippen MR) is 153 cm³/mol. The normalized spacial score (nSPS) is 12.1. The SMILES string of the molecule is COc1ccccc1N(CC(=O)N(Cc1ccc(C)cc1)C(C)C(=O)NC(C)C)S(=O)(=O)c1ccc(C)cc1. The molecule has 0 spiro atoms. The van der Waals surface area contributed by atoms with Crippen LogP contribution in [0.1, 0.15) is 37.5 Å². The average molecular weight is 552 g/mol. The van der Waals surface area contributed by atoms with Crippen LogP contribution in [0.4, 0.5) is 5.69 Å². The molecule has 1 unspecified atom stereocenters. The van der Waals surface area contributed by atoms with Gasteiger partial charge in [-0.15, -0.1) is 0 Å². The highest BCUT2D eigenvalue weighted by Crippen LogP contribution is 2.32. The molecule has 9 heteroatoms. The molecule has 3 aromatic rings. The zero-order chi connectivity index (χ0) is 28.7. The Morgan fingerprint density at radius 3 is 2.00 bits per heavy atom. The summed E-state index contributed by atoms with van der Waals surface area (Å²) in [5, 5.41) is 2.85. The van der Waals surface area contributed by atoms with Crippen molar-refractivity contribution in [3.8, 4) is 5.75 Å². The van der Waals surface area contributed by atoms with Gasteiger partial charge in [-0.3, -0.25) is 13.9 Å². The molecule has 0 aromatic heterocycles. The maximum atomic E-state index is 14.0. The van der Waals surface area contributed by atoms with Gasteiger partial charge in [0.25, 0.3) is 10.0 Å². The number of carbonyl (C=O) groups is 2. The second-order valence-corrected chi connectivity index (χ2v) is 11.7. The number of benzene rings is 3. The van der Waals surface area contributed by atoms with Crippen LogP contribution in [0.5, 0.6) is 5.75 Å². The Kier molecular flexibility index (Phi) is 9.75. The molecule has 0 saturated carbocycles. The van der Waals surface area contributed by atoms with Gasteiger partial charge in [0.05, 0.1) is 17.7 Å². The van der Waals surface area contributed by atoms with Crippen molar-refractivity contribution in [1.82, 2.24) is 10.2 Å². The average Bonchev–Trinajstić information content (AvgIpc) is 2.90. The minimum absolute atomic E-state index is 0.0440. The molecule has 3 rings (SSSR count). The fourth-order valence-electron chi connectivity index (χ4n) is 4.06. The molecule has 0 aliphatic heterocycles. The number of hydrogen-bond donors (Lipinski definition) is 1. The number of methoxy groups -OCH3 is 1. The molecule has 0 saturated heterocycles. The number of nitrogens with one attached hydrogen (secondary N) is 1. The Morgan fingerprint density at radius 2 is 1.44 bits per heavy atom. The predicted octanol–water partition coefficient (Wildman–Crippen LogP) is 4.45. The maximum Gasteiger partial charge on any atom is 0.264 e. The number of anilines is 1. The fourth-order valence-corrected chi connectivity index (χ4v) is 5.49. The van der Waals surface area contributed by atoms with E-state index in [0.29, 0.717) is 5.75 Å². The molecule has 39 heavy (non-hydrogen) atoms. The van der Waals surface area contributed by atoms with Gasteiger partial charge < -0.3 is 15.0 Å². The second kappa shape index (κ2) is 12.8. The number of hydrogen-bond acceptors (Lipinski definition) is 5. The number of ether oxygens (including phenoxy) is 1. The molecule has 0 bridgehead atoms. The van der Waals surface area contributed by atoms with Crippen LogP contribution < -0.4 is 14.4 Å². The summed E-state index contributed by atoms with van der Waals surface area (Å²) < 4.78 is 34.4. The summed E-state index contributed by atoms with van der Waals surface area (Å²) in [5.74, 6) is -0.545. The number of para-hydroxylation sites is 2. The smallest absolute Gasteiger partial charge is 0.264 e. The molecule has 8 nitrogen and oxygen atoms in total. The Morgan fingerprint density at radius 1 is 0.872 bits per heavy atom. The molecule has 1 N–H and O–H groups in total. The lowest BCUT2D eigenvalue weighted by Gasteiger charge is -2.32. The van der Waals surface area contributed by atoms with Crippen molar-refractivity contribution in [2.24, 2.45) is 0 Å². The van der Waals surface area contributed by atoms with Crippen LogP contribution in [0.2, 0.25) is 0 Å². The summed E-state index contributed by atoms with van der Waals surface area (Å²) in [6.07, 6.45) is 0. The number of sulfonamides is 1. The first-order valence-corrected chi connectivity index (χ1v) is 14.3. The Hall–Kier alpha value is -3.85. The third kappa shape index (κ3) is 7.38. The highest BCUT2D eigenvalue weighted by atomic mass is 32.2. The Labute approximate surface area is 231 Å². The van der Waals surface area contributed by atoms with Gasteiger partial charge in [-0.1, -0.05) is 59.7 Å². The van der Waals surface area contributed by atoms with E-state index >= 15 is 0 Å². The van der Waals surface area contributed by atoms with Gasteiger partial charge in [-0.05, 0) is 64.4 Å². The summed E-state index contributed by atoms with van der Waals surface area (Å²) >= 11 is 0. The second-order valence-electron chi connectivity index (χ2n) is 9.84. The van der Waals surface area contributed by atoms with E-state index in [9.17, 15) is 18.0 Å². The Bertz CT molecular complexity index is 1390. The number of aryl methyl sites for hydroxylation is 2. The first-order chi connectivity index (χ1) is 18.4. The van der Waals surface area contributed by atoms with Gasteiger partial charge >= 0.3 is 0 Å². The summed E-state index contributed by atoms with van der Waals surface area (Å²) in [5.41, 5.74) is 3.02. The van der Waals surface area contributed by atoms with Gasteiger partial charge in [0.15, 0.2) is 0 Å². The van der Waals surface area contributed by atoms with Crippen LogP contribution in [-0.4, -0.2) is 50.9 Å². The van der Waals surface area contributed by atoms with Crippen molar-refractivity contribution in [1.29, 1.82) is 0 Å². The number of amides is 2. The zero-order valence-corrected chi connectivity index (χ0v) is 24.2. The number of rotatable bonds is 11. The number of nitrogens with zero attached hydrogens (tertiary/aromatic N) is 2. The molecular formula is C30H37N3O5S. The van der Waals surface area contributed by atoms with E-state index in [1.54, 1.807) is 43.3 Å². The van der Waals surface area contributed by atoms with Crippen molar-refractivity contribution >= 4 is 27.5 Å². The fraction of sp³-hybridized carbons (Fsp3) is 0.333. The third-order valence-corrected chi connectivity index (χ3v) is 8.09.